The first-order valence-electron chi connectivity index (χ1n) is 7.35. The van der Waals surface area contributed by atoms with Crippen molar-refractivity contribution in [3.05, 3.63) is 34.0 Å². The molecule has 1 aliphatic heterocycles. The van der Waals surface area contributed by atoms with E-state index in [1.807, 2.05) is 35.8 Å². The summed E-state index contributed by atoms with van der Waals surface area (Å²) in [5.74, 6) is 0.128. The van der Waals surface area contributed by atoms with Crippen molar-refractivity contribution in [3.63, 3.8) is 0 Å². The number of aromatic nitrogens is 3. The number of likely N-dealkylation sites (tertiary alicyclic amines) is 1. The van der Waals surface area contributed by atoms with Gasteiger partial charge in [0.15, 0.2) is 0 Å². The van der Waals surface area contributed by atoms with Gasteiger partial charge in [-0.25, -0.2) is 4.98 Å². The van der Waals surface area contributed by atoms with E-state index >= 15 is 0 Å². The van der Waals surface area contributed by atoms with Gasteiger partial charge in [-0.05, 0) is 38.7 Å². The molecule has 0 saturated carbocycles. The number of rotatable bonds is 3. The first-order chi connectivity index (χ1) is 10.1. The lowest BCUT2D eigenvalue weighted by Gasteiger charge is -2.35. The standard InChI is InChI=1S/C15H20N4OS/c1-11-7-17-18(8-11)9-13-5-3-4-6-19(13)15(20)14-12(2)16-10-21-14/h7-8,10,13H,3-6,9H2,1-2H3/t13-/m0/s1. The fraction of sp³-hybridized carbons (Fsp3) is 0.533. The van der Waals surface area contributed by atoms with Crippen molar-refractivity contribution in [2.45, 2.75) is 45.7 Å². The molecule has 0 unspecified atom stereocenters. The number of piperidine rings is 1. The first-order valence-corrected chi connectivity index (χ1v) is 8.23. The zero-order valence-corrected chi connectivity index (χ0v) is 13.3. The maximum Gasteiger partial charge on any atom is 0.266 e. The average Bonchev–Trinajstić information content (AvgIpc) is 3.07. The fourth-order valence-corrected chi connectivity index (χ4v) is 3.64. The lowest BCUT2D eigenvalue weighted by atomic mass is 10.0. The molecule has 0 spiro atoms. The molecule has 1 amide bonds. The van der Waals surface area contributed by atoms with Crippen LogP contribution in [-0.4, -0.2) is 38.2 Å². The third-order valence-corrected chi connectivity index (χ3v) is 4.90. The highest BCUT2D eigenvalue weighted by Crippen LogP contribution is 2.23. The van der Waals surface area contributed by atoms with E-state index in [1.165, 1.54) is 17.8 Å². The number of nitrogens with zero attached hydrogens (tertiary/aromatic N) is 4. The molecule has 2 aromatic heterocycles. The smallest absolute Gasteiger partial charge is 0.266 e. The number of hydrogen-bond acceptors (Lipinski definition) is 4. The molecule has 0 aromatic carbocycles. The van der Waals surface area contributed by atoms with Gasteiger partial charge in [0.2, 0.25) is 0 Å². The first kappa shape index (κ1) is 14.3. The van der Waals surface area contributed by atoms with E-state index in [0.717, 1.165) is 42.1 Å². The van der Waals surface area contributed by atoms with E-state index in [1.54, 1.807) is 5.51 Å². The van der Waals surface area contributed by atoms with Crippen molar-refractivity contribution < 1.29 is 4.79 Å². The van der Waals surface area contributed by atoms with Crippen LogP contribution < -0.4 is 0 Å². The van der Waals surface area contributed by atoms with E-state index in [-0.39, 0.29) is 11.9 Å². The maximum atomic E-state index is 12.8. The van der Waals surface area contributed by atoms with Gasteiger partial charge in [0, 0.05) is 12.7 Å². The topological polar surface area (TPSA) is 51.0 Å². The van der Waals surface area contributed by atoms with Crippen LogP contribution in [0.3, 0.4) is 0 Å². The van der Waals surface area contributed by atoms with E-state index in [0.29, 0.717) is 0 Å². The molecule has 112 valence electrons. The molecule has 0 bridgehead atoms. The summed E-state index contributed by atoms with van der Waals surface area (Å²) in [4.78, 5) is 19.7. The van der Waals surface area contributed by atoms with Crippen LogP contribution >= 0.6 is 11.3 Å². The van der Waals surface area contributed by atoms with Crippen LogP contribution in [-0.2, 0) is 6.54 Å². The highest BCUT2D eigenvalue weighted by molar-refractivity contribution is 7.11. The molecule has 3 rings (SSSR count). The number of thiazole rings is 1. The van der Waals surface area contributed by atoms with Gasteiger partial charge in [0.1, 0.15) is 4.88 Å². The third kappa shape index (κ3) is 3.00. The largest absolute Gasteiger partial charge is 0.333 e. The predicted molar refractivity (Wildman–Crippen MR) is 82.5 cm³/mol. The third-order valence-electron chi connectivity index (χ3n) is 3.99. The second-order valence-corrected chi connectivity index (χ2v) is 6.51. The van der Waals surface area contributed by atoms with Gasteiger partial charge in [-0.1, -0.05) is 0 Å². The molecule has 2 aromatic rings. The van der Waals surface area contributed by atoms with Gasteiger partial charge >= 0.3 is 0 Å². The number of aryl methyl sites for hydroxylation is 2. The molecule has 3 heterocycles. The van der Waals surface area contributed by atoms with Crippen LogP contribution in [0.25, 0.3) is 0 Å². The summed E-state index contributed by atoms with van der Waals surface area (Å²) in [5.41, 5.74) is 3.74. The summed E-state index contributed by atoms with van der Waals surface area (Å²) in [7, 11) is 0. The summed E-state index contributed by atoms with van der Waals surface area (Å²) in [6.45, 7) is 5.55. The monoisotopic (exact) mass is 304 g/mol. The fourth-order valence-electron chi connectivity index (χ4n) is 2.88. The normalized spacial score (nSPS) is 19.0. The second-order valence-electron chi connectivity index (χ2n) is 5.65. The number of carbonyl (C=O) groups is 1. The van der Waals surface area contributed by atoms with E-state index < -0.39 is 0 Å². The number of carbonyl (C=O) groups excluding carboxylic acids is 1. The summed E-state index contributed by atoms with van der Waals surface area (Å²) in [6, 6.07) is 0.229. The molecule has 0 N–H and O–H groups in total. The van der Waals surface area contributed by atoms with Gasteiger partial charge in [-0.2, -0.15) is 5.10 Å². The quantitative estimate of drug-likeness (QED) is 0.876. The molecule has 0 radical (unpaired) electrons. The zero-order valence-electron chi connectivity index (χ0n) is 12.5. The van der Waals surface area contributed by atoms with Gasteiger partial charge in [-0.3, -0.25) is 9.48 Å². The molecule has 21 heavy (non-hydrogen) atoms. The Morgan fingerprint density at radius 3 is 2.95 bits per heavy atom. The Hall–Kier alpha value is -1.69. The van der Waals surface area contributed by atoms with Gasteiger partial charge in [0.05, 0.1) is 30.0 Å². The van der Waals surface area contributed by atoms with Gasteiger partial charge in [-0.15, -0.1) is 11.3 Å². The average molecular weight is 304 g/mol. The van der Waals surface area contributed by atoms with Gasteiger partial charge < -0.3 is 4.90 Å². The Balaban J connectivity index is 1.78. The lowest BCUT2D eigenvalue weighted by molar-refractivity contribution is 0.0588. The summed E-state index contributed by atoms with van der Waals surface area (Å²) in [6.07, 6.45) is 7.20. The van der Waals surface area contributed by atoms with Crippen molar-refractivity contribution in [1.29, 1.82) is 0 Å². The molecular formula is C15H20N4OS. The minimum absolute atomic E-state index is 0.128. The van der Waals surface area contributed by atoms with Crippen LogP contribution in [0.1, 0.15) is 40.2 Å². The minimum atomic E-state index is 0.128. The van der Waals surface area contributed by atoms with Crippen LogP contribution in [0, 0.1) is 13.8 Å². The van der Waals surface area contributed by atoms with E-state index in [4.69, 9.17) is 0 Å². The Kier molecular flexibility index (Phi) is 4.05. The van der Waals surface area contributed by atoms with Crippen molar-refractivity contribution in [1.82, 2.24) is 19.7 Å². The van der Waals surface area contributed by atoms with Crippen LogP contribution in [0.2, 0.25) is 0 Å². The second kappa shape index (κ2) is 5.97. The number of hydrogen-bond donors (Lipinski definition) is 0. The molecule has 1 aliphatic rings. The zero-order chi connectivity index (χ0) is 14.8. The Labute approximate surface area is 128 Å². The van der Waals surface area contributed by atoms with Crippen molar-refractivity contribution in [3.8, 4) is 0 Å². The molecular weight excluding hydrogens is 284 g/mol. The summed E-state index contributed by atoms with van der Waals surface area (Å²) < 4.78 is 1.95. The Morgan fingerprint density at radius 2 is 2.29 bits per heavy atom. The molecule has 1 atom stereocenters. The van der Waals surface area contributed by atoms with Crippen LogP contribution in [0.4, 0.5) is 0 Å². The van der Waals surface area contributed by atoms with E-state index in [9.17, 15) is 4.79 Å². The summed E-state index contributed by atoms with van der Waals surface area (Å²) in [5, 5.41) is 4.35. The maximum absolute atomic E-state index is 12.8. The molecule has 0 aliphatic carbocycles. The van der Waals surface area contributed by atoms with Crippen LogP contribution in [0.15, 0.2) is 17.9 Å². The SMILES string of the molecule is Cc1cnn(C[C@@H]2CCCCN2C(=O)c2scnc2C)c1. The van der Waals surface area contributed by atoms with Crippen LogP contribution in [0.5, 0.6) is 0 Å². The highest BCUT2D eigenvalue weighted by Gasteiger charge is 2.29. The predicted octanol–water partition coefficient (Wildman–Crippen LogP) is 2.65. The highest BCUT2D eigenvalue weighted by atomic mass is 32.1. The molecule has 6 heteroatoms. The molecule has 5 nitrogen and oxygen atoms in total. The lowest BCUT2D eigenvalue weighted by Crippen LogP contribution is -2.45. The molecule has 1 fully saturated rings. The number of amides is 1. The van der Waals surface area contributed by atoms with E-state index in [2.05, 4.69) is 10.1 Å². The van der Waals surface area contributed by atoms with Crippen molar-refractivity contribution in [2.24, 2.45) is 0 Å². The van der Waals surface area contributed by atoms with Crippen molar-refractivity contribution >= 4 is 17.2 Å². The van der Waals surface area contributed by atoms with Gasteiger partial charge in [0.25, 0.3) is 5.91 Å². The summed E-state index contributed by atoms with van der Waals surface area (Å²) >= 11 is 1.44. The molecule has 1 saturated heterocycles. The Bertz CT molecular complexity index is 633. The Morgan fingerprint density at radius 1 is 1.43 bits per heavy atom. The minimum Gasteiger partial charge on any atom is -0.333 e. The van der Waals surface area contributed by atoms with Crippen molar-refractivity contribution in [2.75, 3.05) is 6.54 Å².